The van der Waals surface area contributed by atoms with Gasteiger partial charge in [0.2, 0.25) is 0 Å². The van der Waals surface area contributed by atoms with Crippen LogP contribution in [0.1, 0.15) is 18.2 Å². The second-order valence-corrected chi connectivity index (χ2v) is 7.75. The predicted octanol–water partition coefficient (Wildman–Crippen LogP) is -0.151. The van der Waals surface area contributed by atoms with Gasteiger partial charge in [0, 0.05) is 17.5 Å². The highest BCUT2D eigenvalue weighted by atomic mass is 35.7. The number of hydrogen-bond acceptors (Lipinski definition) is 9. The summed E-state index contributed by atoms with van der Waals surface area (Å²) in [5.41, 5.74) is 1.19. The monoisotopic (exact) mass is 512 g/mol. The molecule has 0 bridgehead atoms. The molecule has 2 aromatic carbocycles. The summed E-state index contributed by atoms with van der Waals surface area (Å²) in [6.45, 7) is 1.99. The Balaban J connectivity index is 0.000000784. The molecule has 0 saturated carbocycles. The first-order valence-electron chi connectivity index (χ1n) is 10.1. The van der Waals surface area contributed by atoms with Crippen LogP contribution in [0.15, 0.2) is 34.7 Å². The highest BCUT2D eigenvalue weighted by Crippen LogP contribution is 2.40. The first-order valence-corrected chi connectivity index (χ1v) is 11.3. The smallest absolute Gasteiger partial charge is 0.361 e. The summed E-state index contributed by atoms with van der Waals surface area (Å²) in [7, 11) is 1.27. The fraction of sp³-hybridized carbons (Fsp3) is 0.304. The molecule has 3 aromatic rings. The number of rotatable bonds is 8. The minimum atomic E-state index is -4.94. The molecule has 3 rings (SSSR count). The number of halogens is 1. The number of aryl methyl sites for hydroxylation is 1. The van der Waals surface area contributed by atoms with E-state index < -0.39 is 16.2 Å². The van der Waals surface area contributed by atoms with Crippen molar-refractivity contribution in [1.29, 1.82) is 0 Å². The standard InChI is InChI=1S/C23H24O7.ClHO4/c1-6-17-15-11-21(28-4)19(26-2)8-13(15)7-18(30-17)16-12-22(29-5)20(27-3)9-14(16)10-23(24)25;2-1(3,4)5/h7-9,11-12H,6,10H2,1-5H3;(H,2,3,4,5). The third kappa shape index (κ3) is 7.31. The van der Waals surface area contributed by atoms with Crippen LogP contribution in [0.25, 0.3) is 22.1 Å². The topological polar surface area (TPSA) is 178 Å². The summed E-state index contributed by atoms with van der Waals surface area (Å²) >= 11 is 0. The molecule has 0 saturated heterocycles. The average Bonchev–Trinajstić information content (AvgIpc) is 2.80. The Morgan fingerprint density at radius 1 is 0.857 bits per heavy atom. The van der Waals surface area contributed by atoms with Crippen LogP contribution in [0.2, 0.25) is 0 Å². The van der Waals surface area contributed by atoms with Crippen LogP contribution in [0.5, 0.6) is 23.0 Å². The minimum Gasteiger partial charge on any atom is -0.493 e. The van der Waals surface area contributed by atoms with Crippen LogP contribution >= 0.6 is 0 Å². The summed E-state index contributed by atoms with van der Waals surface area (Å²) in [6.07, 6.45) is 0.456. The van der Waals surface area contributed by atoms with E-state index in [0.29, 0.717) is 46.3 Å². The molecule has 0 amide bonds. The largest absolute Gasteiger partial charge is 0.493 e. The number of benzene rings is 2. The number of carboxylic acid groups (broad SMARTS) is 1. The number of hydrogen-bond donors (Lipinski definition) is 1. The van der Waals surface area contributed by atoms with Crippen molar-refractivity contribution in [2.24, 2.45) is 0 Å². The lowest BCUT2D eigenvalue weighted by atomic mass is 9.99. The lowest BCUT2D eigenvalue weighted by molar-refractivity contribution is -2.00. The zero-order chi connectivity index (χ0) is 26.3. The van der Waals surface area contributed by atoms with Gasteiger partial charge in [0.15, 0.2) is 23.0 Å². The van der Waals surface area contributed by atoms with Gasteiger partial charge in [-0.15, -0.1) is 10.2 Å². The second kappa shape index (κ2) is 11.9. The molecule has 0 unspecified atom stereocenters. The minimum absolute atomic E-state index is 0.184. The zero-order valence-corrected chi connectivity index (χ0v) is 20.5. The van der Waals surface area contributed by atoms with Crippen molar-refractivity contribution < 1.29 is 62.1 Å². The lowest BCUT2D eigenvalue weighted by Crippen LogP contribution is -2.68. The Bertz CT molecular complexity index is 1180. The highest BCUT2D eigenvalue weighted by Gasteiger charge is 2.26. The molecule has 12 heteroatoms. The number of fused-ring (bicyclic) bond motifs is 1. The van der Waals surface area contributed by atoms with Crippen molar-refractivity contribution in [3.8, 4) is 34.3 Å². The molecular weight excluding hydrogens is 488 g/mol. The molecule has 0 aliphatic rings. The van der Waals surface area contributed by atoms with Crippen LogP contribution in [-0.4, -0.2) is 39.5 Å². The van der Waals surface area contributed by atoms with Gasteiger partial charge in [-0.1, -0.05) is 6.92 Å². The molecule has 0 fully saturated rings. The third-order valence-electron chi connectivity index (χ3n) is 4.91. The van der Waals surface area contributed by atoms with E-state index in [0.717, 1.165) is 16.5 Å². The summed E-state index contributed by atoms with van der Waals surface area (Å²) in [5.74, 6) is 2.49. The molecule has 11 nitrogen and oxygen atoms in total. The molecule has 1 heterocycles. The van der Waals surface area contributed by atoms with Crippen LogP contribution in [0, 0.1) is 10.2 Å². The zero-order valence-electron chi connectivity index (χ0n) is 19.7. The number of aliphatic carboxylic acids is 1. The van der Waals surface area contributed by atoms with Crippen LogP contribution < -0.4 is 37.6 Å². The normalized spacial score (nSPS) is 10.9. The van der Waals surface area contributed by atoms with Crippen molar-refractivity contribution >= 4 is 16.7 Å². The van der Waals surface area contributed by atoms with Gasteiger partial charge >= 0.3 is 17.5 Å². The maximum Gasteiger partial charge on any atom is 0.361 e. The van der Waals surface area contributed by atoms with Gasteiger partial charge in [-0.2, -0.15) is 0 Å². The Morgan fingerprint density at radius 2 is 1.34 bits per heavy atom. The third-order valence-corrected chi connectivity index (χ3v) is 4.91. The lowest BCUT2D eigenvalue weighted by Gasteiger charge is -2.17. The SMILES string of the molecule is CCc1[o+]c(-c2cc(OC)c(OC)cc2CC(=O)O)cc2cc(OC)c(OC)cc12.[O-][Cl+3]([O-])([O-])[O-]. The van der Waals surface area contributed by atoms with Gasteiger partial charge in [-0.25, -0.2) is 23.1 Å². The fourth-order valence-corrected chi connectivity index (χ4v) is 3.47. The van der Waals surface area contributed by atoms with E-state index in [2.05, 4.69) is 0 Å². The van der Waals surface area contributed by atoms with E-state index in [1.165, 1.54) is 14.2 Å². The van der Waals surface area contributed by atoms with E-state index in [1.807, 2.05) is 25.1 Å². The van der Waals surface area contributed by atoms with Crippen LogP contribution in [0.4, 0.5) is 0 Å². The predicted molar refractivity (Wildman–Crippen MR) is 113 cm³/mol. The number of methoxy groups -OCH3 is 4. The molecule has 0 radical (unpaired) electrons. The first kappa shape index (κ1) is 27.9. The Labute approximate surface area is 203 Å². The molecule has 1 aromatic heterocycles. The van der Waals surface area contributed by atoms with Crippen molar-refractivity contribution in [2.45, 2.75) is 19.8 Å². The molecule has 0 atom stereocenters. The maximum absolute atomic E-state index is 11.5. The number of carbonyl (C=O) groups is 1. The van der Waals surface area contributed by atoms with E-state index >= 15 is 0 Å². The summed E-state index contributed by atoms with van der Waals surface area (Å²) < 4.78 is 61.8. The van der Waals surface area contributed by atoms with Crippen molar-refractivity contribution in [3.05, 3.63) is 41.7 Å². The number of ether oxygens (including phenoxy) is 4. The number of carboxylic acids is 1. The average molecular weight is 513 g/mol. The summed E-state index contributed by atoms with van der Waals surface area (Å²) in [5, 5.41) is 11.2. The van der Waals surface area contributed by atoms with Gasteiger partial charge in [-0.3, -0.25) is 4.79 Å². The molecule has 35 heavy (non-hydrogen) atoms. The maximum atomic E-state index is 11.5. The van der Waals surface area contributed by atoms with Crippen molar-refractivity contribution in [2.75, 3.05) is 28.4 Å². The van der Waals surface area contributed by atoms with Crippen molar-refractivity contribution in [3.63, 3.8) is 0 Å². The Morgan fingerprint density at radius 3 is 1.83 bits per heavy atom. The summed E-state index contributed by atoms with van der Waals surface area (Å²) in [6, 6.07) is 9.03. The van der Waals surface area contributed by atoms with Gasteiger partial charge in [0.25, 0.3) is 0 Å². The van der Waals surface area contributed by atoms with E-state index in [-0.39, 0.29) is 6.42 Å². The van der Waals surface area contributed by atoms with Crippen LogP contribution in [-0.2, 0) is 17.6 Å². The van der Waals surface area contributed by atoms with E-state index in [1.54, 1.807) is 26.4 Å². The van der Waals surface area contributed by atoms with E-state index in [9.17, 15) is 9.90 Å². The van der Waals surface area contributed by atoms with Gasteiger partial charge < -0.3 is 24.1 Å². The fourth-order valence-electron chi connectivity index (χ4n) is 3.47. The molecule has 0 aliphatic carbocycles. The van der Waals surface area contributed by atoms with Gasteiger partial charge in [-0.05, 0) is 17.7 Å². The summed E-state index contributed by atoms with van der Waals surface area (Å²) in [4.78, 5) is 11.5. The molecular formula is C23H25ClO11. The highest BCUT2D eigenvalue weighted by molar-refractivity contribution is 5.90. The molecule has 0 aliphatic heterocycles. The van der Waals surface area contributed by atoms with Gasteiger partial charge in [0.05, 0.1) is 58.3 Å². The first-order chi connectivity index (χ1) is 16.4. The van der Waals surface area contributed by atoms with Crippen molar-refractivity contribution in [1.82, 2.24) is 0 Å². The Kier molecular flexibility index (Phi) is 9.46. The Hall–Kier alpha value is -3.35. The van der Waals surface area contributed by atoms with Crippen LogP contribution in [0.3, 0.4) is 0 Å². The molecule has 1 N–H and O–H groups in total. The van der Waals surface area contributed by atoms with E-state index in [4.69, 9.17) is 42.0 Å². The molecule has 0 spiro atoms. The molecule has 190 valence electrons. The quantitative estimate of drug-likeness (QED) is 0.397. The second-order valence-electron chi connectivity index (χ2n) is 6.99. The van der Waals surface area contributed by atoms with Gasteiger partial charge in [0.1, 0.15) is 0 Å².